The molecule has 0 N–H and O–H groups in total. The maximum Gasteiger partial charge on any atom is 0.311 e. The maximum atomic E-state index is 12.5. The Labute approximate surface area is 157 Å². The second kappa shape index (κ2) is 9.74. The minimum atomic E-state index is -0.753. The molecule has 1 rings (SSSR count). The summed E-state index contributed by atoms with van der Waals surface area (Å²) in [4.78, 5) is 24.6. The van der Waals surface area contributed by atoms with Crippen LogP contribution in [-0.4, -0.2) is 30.2 Å². The zero-order valence-electron chi connectivity index (χ0n) is 17.2. The number of hydrogen-bond donors (Lipinski definition) is 0. The fourth-order valence-electron chi connectivity index (χ4n) is 3.12. The molecular weight excluding hydrogens is 332 g/mol. The van der Waals surface area contributed by atoms with Crippen LogP contribution in [0.25, 0.3) is 0 Å². The Morgan fingerprint density at radius 2 is 1.85 bits per heavy atom. The van der Waals surface area contributed by atoms with Crippen LogP contribution < -0.4 is 4.57 Å². The Hall–Kier alpha value is -1.85. The summed E-state index contributed by atoms with van der Waals surface area (Å²) in [6.45, 7) is 11.5. The van der Waals surface area contributed by atoms with E-state index in [0.717, 1.165) is 19.4 Å². The van der Waals surface area contributed by atoms with Gasteiger partial charge in [-0.1, -0.05) is 20.3 Å². The number of carbonyl (C=O) groups excluding carboxylic acids is 2. The van der Waals surface area contributed by atoms with Crippen LogP contribution in [0.15, 0.2) is 18.7 Å². The van der Waals surface area contributed by atoms with Gasteiger partial charge in [-0.05, 0) is 40.0 Å². The van der Waals surface area contributed by atoms with Crippen molar-refractivity contribution in [2.45, 2.75) is 73.4 Å². The lowest BCUT2D eigenvalue weighted by Gasteiger charge is -2.33. The standard InChI is InChI=1S/C20H35N2O4/c1-7-9-10-21-11-12-22(16-21)13-14-26-17(23)19(3,4)15-20(5,8-2)18(24)25-6/h11-12,16H,7-10,13-15H2,1-6H3/q+1. The van der Waals surface area contributed by atoms with Gasteiger partial charge in [0.15, 0.2) is 0 Å². The second-order valence-electron chi connectivity index (χ2n) is 7.85. The molecule has 0 aliphatic carbocycles. The minimum Gasteiger partial charge on any atom is -0.469 e. The molecule has 0 amide bonds. The molecule has 0 aliphatic rings. The summed E-state index contributed by atoms with van der Waals surface area (Å²) in [5.41, 5.74) is -1.45. The normalized spacial score (nSPS) is 13.9. The third kappa shape index (κ3) is 6.15. The lowest BCUT2D eigenvalue weighted by Crippen LogP contribution is -2.38. The van der Waals surface area contributed by atoms with Gasteiger partial charge in [-0.25, -0.2) is 9.13 Å². The Morgan fingerprint density at radius 1 is 1.15 bits per heavy atom. The molecule has 6 heteroatoms. The monoisotopic (exact) mass is 367 g/mol. The number of aromatic nitrogens is 2. The van der Waals surface area contributed by atoms with E-state index in [2.05, 4.69) is 11.5 Å². The summed E-state index contributed by atoms with van der Waals surface area (Å²) < 4.78 is 14.5. The Morgan fingerprint density at radius 3 is 2.42 bits per heavy atom. The van der Waals surface area contributed by atoms with Crippen molar-refractivity contribution in [1.29, 1.82) is 0 Å². The molecule has 148 valence electrons. The van der Waals surface area contributed by atoms with E-state index in [4.69, 9.17) is 9.47 Å². The third-order valence-corrected chi connectivity index (χ3v) is 4.94. The SMILES string of the molecule is CCCC[n+]1ccn(CCOC(=O)C(C)(C)CC(C)(CC)C(=O)OC)c1. The van der Waals surface area contributed by atoms with Crippen molar-refractivity contribution in [3.8, 4) is 0 Å². The highest BCUT2D eigenvalue weighted by atomic mass is 16.5. The van der Waals surface area contributed by atoms with Crippen LogP contribution in [0.1, 0.15) is 60.3 Å². The molecule has 0 fully saturated rings. The van der Waals surface area contributed by atoms with E-state index in [1.807, 2.05) is 51.0 Å². The molecule has 6 nitrogen and oxygen atoms in total. The first-order valence-corrected chi connectivity index (χ1v) is 9.49. The van der Waals surface area contributed by atoms with E-state index in [9.17, 15) is 9.59 Å². The molecule has 1 aromatic rings. The van der Waals surface area contributed by atoms with Gasteiger partial charge in [-0.3, -0.25) is 9.59 Å². The second-order valence-corrected chi connectivity index (χ2v) is 7.85. The number of imidazole rings is 1. The molecule has 0 spiro atoms. The van der Waals surface area contributed by atoms with Crippen LogP contribution in [0, 0.1) is 10.8 Å². The van der Waals surface area contributed by atoms with Gasteiger partial charge in [0.05, 0.1) is 24.5 Å². The number of aryl methyl sites for hydroxylation is 1. The van der Waals surface area contributed by atoms with Crippen molar-refractivity contribution in [2.75, 3.05) is 13.7 Å². The van der Waals surface area contributed by atoms with Gasteiger partial charge in [0, 0.05) is 0 Å². The van der Waals surface area contributed by atoms with Crippen molar-refractivity contribution in [2.24, 2.45) is 10.8 Å². The number of methoxy groups -OCH3 is 1. The molecule has 0 saturated heterocycles. The zero-order chi connectivity index (χ0) is 19.8. The first kappa shape index (κ1) is 22.2. The fourth-order valence-corrected chi connectivity index (χ4v) is 3.12. The van der Waals surface area contributed by atoms with Gasteiger partial charge in [-0.15, -0.1) is 0 Å². The van der Waals surface area contributed by atoms with E-state index in [1.165, 1.54) is 7.11 Å². The van der Waals surface area contributed by atoms with E-state index in [0.29, 0.717) is 26.0 Å². The number of esters is 2. The zero-order valence-corrected chi connectivity index (χ0v) is 17.2. The van der Waals surface area contributed by atoms with Gasteiger partial charge in [0.1, 0.15) is 25.5 Å². The van der Waals surface area contributed by atoms with Crippen LogP contribution in [0.4, 0.5) is 0 Å². The van der Waals surface area contributed by atoms with Crippen LogP contribution in [0.3, 0.4) is 0 Å². The predicted molar refractivity (Wildman–Crippen MR) is 99.3 cm³/mol. The summed E-state index contributed by atoms with van der Waals surface area (Å²) in [7, 11) is 1.38. The Balaban J connectivity index is 2.55. The highest BCUT2D eigenvalue weighted by Gasteiger charge is 2.42. The average Bonchev–Trinajstić information content (AvgIpc) is 3.06. The first-order chi connectivity index (χ1) is 12.2. The predicted octanol–water partition coefficient (Wildman–Crippen LogP) is 3.12. The van der Waals surface area contributed by atoms with Crippen LogP contribution in [0.5, 0.6) is 0 Å². The molecule has 1 unspecified atom stereocenters. The van der Waals surface area contributed by atoms with Gasteiger partial charge >= 0.3 is 11.9 Å². The quantitative estimate of drug-likeness (QED) is 0.445. The van der Waals surface area contributed by atoms with E-state index < -0.39 is 10.8 Å². The number of nitrogens with zero attached hydrogens (tertiary/aromatic N) is 2. The lowest BCUT2D eigenvalue weighted by molar-refractivity contribution is -0.696. The molecule has 0 aliphatic heterocycles. The molecule has 1 heterocycles. The maximum absolute atomic E-state index is 12.5. The summed E-state index contributed by atoms with van der Waals surface area (Å²) in [6.07, 6.45) is 9.35. The smallest absolute Gasteiger partial charge is 0.311 e. The van der Waals surface area contributed by atoms with E-state index in [-0.39, 0.29) is 11.9 Å². The Kier molecular flexibility index (Phi) is 8.31. The molecule has 0 bridgehead atoms. The molecule has 1 atom stereocenters. The van der Waals surface area contributed by atoms with Crippen molar-refractivity contribution >= 4 is 11.9 Å². The van der Waals surface area contributed by atoms with Crippen molar-refractivity contribution in [1.82, 2.24) is 4.57 Å². The highest BCUT2D eigenvalue weighted by Crippen LogP contribution is 2.38. The number of hydrogen-bond acceptors (Lipinski definition) is 4. The molecular formula is C20H35N2O4+. The molecule has 0 saturated carbocycles. The van der Waals surface area contributed by atoms with Gasteiger partial charge in [0.25, 0.3) is 0 Å². The van der Waals surface area contributed by atoms with Crippen molar-refractivity contribution in [3.63, 3.8) is 0 Å². The summed E-state index contributed by atoms with van der Waals surface area (Å²) in [6, 6.07) is 0. The minimum absolute atomic E-state index is 0.285. The van der Waals surface area contributed by atoms with Crippen molar-refractivity contribution < 1.29 is 23.6 Å². The van der Waals surface area contributed by atoms with Crippen LogP contribution >= 0.6 is 0 Å². The number of carbonyl (C=O) groups is 2. The van der Waals surface area contributed by atoms with Gasteiger partial charge in [-0.2, -0.15) is 0 Å². The topological polar surface area (TPSA) is 61.4 Å². The van der Waals surface area contributed by atoms with Crippen molar-refractivity contribution in [3.05, 3.63) is 18.7 Å². The number of ether oxygens (including phenoxy) is 2. The largest absolute Gasteiger partial charge is 0.469 e. The fraction of sp³-hybridized carbons (Fsp3) is 0.750. The lowest BCUT2D eigenvalue weighted by atomic mass is 9.72. The highest BCUT2D eigenvalue weighted by molar-refractivity contribution is 5.80. The summed E-state index contributed by atoms with van der Waals surface area (Å²) in [5.74, 6) is -0.572. The van der Waals surface area contributed by atoms with Gasteiger partial charge in [0.2, 0.25) is 6.33 Å². The summed E-state index contributed by atoms with van der Waals surface area (Å²) in [5, 5.41) is 0. The first-order valence-electron chi connectivity index (χ1n) is 9.49. The average molecular weight is 368 g/mol. The molecule has 1 aromatic heterocycles. The van der Waals surface area contributed by atoms with E-state index >= 15 is 0 Å². The summed E-state index contributed by atoms with van der Waals surface area (Å²) >= 11 is 0. The molecule has 0 aromatic carbocycles. The molecule has 26 heavy (non-hydrogen) atoms. The number of unbranched alkanes of at least 4 members (excludes halogenated alkanes) is 1. The van der Waals surface area contributed by atoms with Gasteiger partial charge < -0.3 is 9.47 Å². The third-order valence-electron chi connectivity index (χ3n) is 4.94. The van der Waals surface area contributed by atoms with E-state index in [1.54, 1.807) is 0 Å². The number of rotatable bonds is 11. The Bertz CT molecular complexity index is 594. The van der Waals surface area contributed by atoms with Crippen LogP contribution in [-0.2, 0) is 32.2 Å². The molecule has 0 radical (unpaired) electrons. The van der Waals surface area contributed by atoms with Crippen LogP contribution in [0.2, 0.25) is 0 Å².